The van der Waals surface area contributed by atoms with Crippen LogP contribution in [0.2, 0.25) is 0 Å². The van der Waals surface area contributed by atoms with Crippen molar-refractivity contribution in [1.29, 1.82) is 0 Å². The molecule has 1 N–H and O–H groups in total. The number of hydrogen-bond donors (Lipinski definition) is 1. The molecule has 0 fully saturated rings. The Kier molecular flexibility index (Phi) is 6.43. The molecule has 3 rings (SSSR count). The van der Waals surface area contributed by atoms with Crippen molar-refractivity contribution < 1.29 is 9.53 Å². The minimum absolute atomic E-state index is 0.0191. The van der Waals surface area contributed by atoms with Crippen molar-refractivity contribution in [1.82, 2.24) is 19.8 Å². The minimum Gasteiger partial charge on any atom is -0.497 e. The monoisotopic (exact) mass is 400 g/mol. The first kappa shape index (κ1) is 20.0. The van der Waals surface area contributed by atoms with Crippen molar-refractivity contribution in [2.75, 3.05) is 27.7 Å². The van der Waals surface area contributed by atoms with Crippen LogP contribution in [-0.4, -0.2) is 48.1 Å². The lowest BCUT2D eigenvalue weighted by atomic mass is 10.1. The molecule has 0 saturated heterocycles. The van der Waals surface area contributed by atoms with E-state index in [-0.39, 0.29) is 23.9 Å². The molecule has 0 spiro atoms. The van der Waals surface area contributed by atoms with Crippen LogP contribution < -0.4 is 15.6 Å². The fourth-order valence-electron chi connectivity index (χ4n) is 3.02. The lowest BCUT2D eigenvalue weighted by molar-refractivity contribution is -0.121. The van der Waals surface area contributed by atoms with Crippen molar-refractivity contribution in [2.45, 2.75) is 19.0 Å². The Morgan fingerprint density at radius 3 is 2.93 bits per heavy atom. The molecule has 1 aromatic carbocycles. The molecule has 7 nitrogen and oxygen atoms in total. The summed E-state index contributed by atoms with van der Waals surface area (Å²) in [4.78, 5) is 31.8. The van der Waals surface area contributed by atoms with Crippen LogP contribution in [0.25, 0.3) is 10.2 Å². The molecule has 0 aliphatic rings. The average molecular weight is 401 g/mol. The van der Waals surface area contributed by atoms with Crippen LogP contribution in [0.1, 0.15) is 18.0 Å². The SMILES string of the molecule is COc1cccc(C(CNC(=O)CCn2cnc3sccc3c2=O)N(C)C)c1. The summed E-state index contributed by atoms with van der Waals surface area (Å²) in [6.45, 7) is 0.769. The number of amides is 1. The van der Waals surface area contributed by atoms with E-state index in [0.29, 0.717) is 18.5 Å². The van der Waals surface area contributed by atoms with Gasteiger partial charge >= 0.3 is 0 Å². The van der Waals surface area contributed by atoms with E-state index >= 15 is 0 Å². The van der Waals surface area contributed by atoms with Gasteiger partial charge in [0.2, 0.25) is 5.91 Å². The van der Waals surface area contributed by atoms with Gasteiger partial charge in [-0.15, -0.1) is 11.3 Å². The number of likely N-dealkylation sites (N-methyl/N-ethyl adjacent to an activating group) is 1. The van der Waals surface area contributed by atoms with Crippen molar-refractivity contribution in [3.05, 3.63) is 58.0 Å². The normalized spacial score (nSPS) is 12.3. The standard InChI is InChI=1S/C20H24N4O3S/c1-23(2)17(14-5-4-6-15(11-14)27-3)12-21-18(25)7-9-24-13-22-19-16(20(24)26)8-10-28-19/h4-6,8,10-11,13,17H,7,9,12H2,1-3H3,(H,21,25). The molecule has 2 aromatic heterocycles. The summed E-state index contributed by atoms with van der Waals surface area (Å²) >= 11 is 1.43. The zero-order chi connectivity index (χ0) is 20.1. The molecule has 148 valence electrons. The summed E-state index contributed by atoms with van der Waals surface area (Å²) in [5, 5.41) is 5.41. The molecule has 8 heteroatoms. The summed E-state index contributed by atoms with van der Waals surface area (Å²) in [6, 6.07) is 9.60. The van der Waals surface area contributed by atoms with Gasteiger partial charge in [-0.3, -0.25) is 14.2 Å². The smallest absolute Gasteiger partial charge is 0.262 e. The number of fused-ring (bicyclic) bond motifs is 1. The third-order valence-electron chi connectivity index (χ3n) is 4.62. The first-order valence-corrected chi connectivity index (χ1v) is 9.87. The lowest BCUT2D eigenvalue weighted by Crippen LogP contribution is -2.35. The molecule has 0 bridgehead atoms. The number of nitrogens with zero attached hydrogens (tertiary/aromatic N) is 3. The molecule has 0 radical (unpaired) electrons. The fourth-order valence-corrected chi connectivity index (χ4v) is 3.74. The van der Waals surface area contributed by atoms with E-state index in [2.05, 4.69) is 10.3 Å². The van der Waals surface area contributed by atoms with Gasteiger partial charge in [0.15, 0.2) is 0 Å². The molecule has 1 atom stereocenters. The summed E-state index contributed by atoms with van der Waals surface area (Å²) in [5.74, 6) is 0.679. The van der Waals surface area contributed by atoms with Gasteiger partial charge in [0.05, 0.1) is 24.9 Å². The number of aryl methyl sites for hydroxylation is 1. The van der Waals surface area contributed by atoms with E-state index in [0.717, 1.165) is 16.1 Å². The number of hydrogen-bond acceptors (Lipinski definition) is 6. The second kappa shape index (κ2) is 8.99. The van der Waals surface area contributed by atoms with Gasteiger partial charge < -0.3 is 15.0 Å². The third-order valence-corrected chi connectivity index (χ3v) is 5.45. The first-order valence-electron chi connectivity index (χ1n) is 8.99. The summed E-state index contributed by atoms with van der Waals surface area (Å²) < 4.78 is 6.78. The quantitative estimate of drug-likeness (QED) is 0.628. The highest BCUT2D eigenvalue weighted by molar-refractivity contribution is 7.16. The summed E-state index contributed by atoms with van der Waals surface area (Å²) in [7, 11) is 5.57. The second-order valence-corrected chi connectivity index (χ2v) is 7.59. The van der Waals surface area contributed by atoms with Gasteiger partial charge in [-0.1, -0.05) is 12.1 Å². The zero-order valence-corrected chi connectivity index (χ0v) is 17.0. The molecule has 28 heavy (non-hydrogen) atoms. The Morgan fingerprint density at radius 2 is 2.18 bits per heavy atom. The van der Waals surface area contributed by atoms with Crippen LogP contribution in [0.4, 0.5) is 0 Å². The van der Waals surface area contributed by atoms with Crippen molar-refractivity contribution in [2.24, 2.45) is 0 Å². The third kappa shape index (κ3) is 4.58. The Hall–Kier alpha value is -2.71. The molecular formula is C20H24N4O3S. The topological polar surface area (TPSA) is 76.5 Å². The van der Waals surface area contributed by atoms with E-state index in [1.807, 2.05) is 48.6 Å². The first-order chi connectivity index (χ1) is 13.5. The van der Waals surface area contributed by atoms with Crippen LogP contribution >= 0.6 is 11.3 Å². The van der Waals surface area contributed by atoms with E-state index in [9.17, 15) is 9.59 Å². The zero-order valence-electron chi connectivity index (χ0n) is 16.2. The van der Waals surface area contributed by atoms with Crippen LogP contribution in [0.15, 0.2) is 46.8 Å². The number of carbonyl (C=O) groups excluding carboxylic acids is 1. The van der Waals surface area contributed by atoms with Gasteiger partial charge in [-0.25, -0.2) is 4.98 Å². The van der Waals surface area contributed by atoms with E-state index in [1.165, 1.54) is 22.2 Å². The van der Waals surface area contributed by atoms with E-state index < -0.39 is 0 Å². The predicted molar refractivity (Wildman–Crippen MR) is 111 cm³/mol. The number of aromatic nitrogens is 2. The highest BCUT2D eigenvalue weighted by Gasteiger charge is 2.16. The van der Waals surface area contributed by atoms with Gasteiger partial charge in [0.1, 0.15) is 10.6 Å². The van der Waals surface area contributed by atoms with Crippen LogP contribution in [0.3, 0.4) is 0 Å². The fraction of sp³-hybridized carbons (Fsp3) is 0.350. The Morgan fingerprint density at radius 1 is 1.36 bits per heavy atom. The number of thiophene rings is 1. The lowest BCUT2D eigenvalue weighted by Gasteiger charge is -2.25. The largest absolute Gasteiger partial charge is 0.497 e. The molecule has 0 saturated carbocycles. The maximum atomic E-state index is 12.4. The highest BCUT2D eigenvalue weighted by atomic mass is 32.1. The number of methoxy groups -OCH3 is 1. The summed E-state index contributed by atoms with van der Waals surface area (Å²) in [6.07, 6.45) is 1.73. The molecule has 1 unspecified atom stereocenters. The van der Waals surface area contributed by atoms with Gasteiger partial charge in [0.25, 0.3) is 5.56 Å². The average Bonchev–Trinajstić information content (AvgIpc) is 3.17. The molecule has 0 aliphatic heterocycles. The Bertz CT molecular complexity index is 1010. The second-order valence-electron chi connectivity index (χ2n) is 6.69. The molecule has 3 aromatic rings. The number of nitrogens with one attached hydrogen (secondary N) is 1. The Labute approximate surface area is 167 Å². The highest BCUT2D eigenvalue weighted by Crippen LogP contribution is 2.22. The van der Waals surface area contributed by atoms with Crippen molar-refractivity contribution in [3.63, 3.8) is 0 Å². The Balaban J connectivity index is 1.60. The van der Waals surface area contributed by atoms with Gasteiger partial charge in [-0.2, -0.15) is 0 Å². The van der Waals surface area contributed by atoms with Crippen LogP contribution in [0, 0.1) is 0 Å². The number of rotatable bonds is 8. The van der Waals surface area contributed by atoms with E-state index in [4.69, 9.17) is 4.74 Å². The molecule has 0 aliphatic carbocycles. The number of benzene rings is 1. The van der Waals surface area contributed by atoms with Gasteiger partial charge in [-0.05, 0) is 43.2 Å². The van der Waals surface area contributed by atoms with Gasteiger partial charge in [0, 0.05) is 19.5 Å². The number of ether oxygens (including phenoxy) is 1. The van der Waals surface area contributed by atoms with Crippen LogP contribution in [-0.2, 0) is 11.3 Å². The minimum atomic E-state index is -0.110. The molecule has 1 amide bonds. The predicted octanol–water partition coefficient (Wildman–Crippen LogP) is 2.28. The van der Waals surface area contributed by atoms with E-state index in [1.54, 1.807) is 13.2 Å². The number of carbonyl (C=O) groups is 1. The molecular weight excluding hydrogens is 376 g/mol. The maximum Gasteiger partial charge on any atom is 0.262 e. The maximum absolute atomic E-state index is 12.4. The van der Waals surface area contributed by atoms with Crippen LogP contribution in [0.5, 0.6) is 5.75 Å². The van der Waals surface area contributed by atoms with Crippen molar-refractivity contribution in [3.8, 4) is 5.75 Å². The van der Waals surface area contributed by atoms with Crippen molar-refractivity contribution >= 4 is 27.5 Å². The summed E-state index contributed by atoms with van der Waals surface area (Å²) in [5.41, 5.74) is 0.953. The molecule has 2 heterocycles.